The number of carbonyl (C=O) groups is 1. The Bertz CT molecular complexity index is 248. The monoisotopic (exact) mass is 360 g/mol. The molecule has 0 fully saturated rings. The van der Waals surface area contributed by atoms with Crippen LogP contribution in [0.2, 0.25) is 0 Å². The van der Waals surface area contributed by atoms with Crippen molar-refractivity contribution >= 4 is 5.97 Å². The fraction of sp³-hybridized carbons (Fsp3) is 0.833. The van der Waals surface area contributed by atoms with Crippen molar-refractivity contribution in [2.75, 3.05) is 0 Å². The Morgan fingerprint density at radius 3 is 1.61 bits per heavy atom. The van der Waals surface area contributed by atoms with E-state index in [-0.39, 0.29) is 92.8 Å². The maximum atomic E-state index is 10.2. The molecule has 0 aliphatic rings. The first-order valence-corrected chi connectivity index (χ1v) is 8.62. The molecule has 0 saturated heterocycles. The van der Waals surface area contributed by atoms with Gasteiger partial charge in [-0.1, -0.05) is 70.4 Å². The van der Waals surface area contributed by atoms with Crippen LogP contribution in [0.1, 0.15) is 96.8 Å². The van der Waals surface area contributed by atoms with E-state index in [1.54, 1.807) is 0 Å². The third-order valence-corrected chi connectivity index (χ3v) is 3.64. The quantitative estimate of drug-likeness (QED) is 0.205. The number of carboxylic acids is 1. The van der Waals surface area contributed by atoms with Gasteiger partial charge >= 0.3 is 80.9 Å². The van der Waals surface area contributed by atoms with Crippen LogP contribution in [-0.4, -0.2) is 11.4 Å². The molecular weight excluding hydrogens is 326 g/mol. The smallest absolute Gasteiger partial charge is 0.870 e. The summed E-state index contributed by atoms with van der Waals surface area (Å²) in [6, 6.07) is 0. The van der Waals surface area contributed by atoms with E-state index < -0.39 is 5.97 Å². The van der Waals surface area contributed by atoms with E-state index in [4.69, 9.17) is 0 Å². The topological polar surface area (TPSA) is 70.1 Å². The van der Waals surface area contributed by atoms with Crippen molar-refractivity contribution in [3.8, 4) is 0 Å². The Labute approximate surface area is 208 Å². The van der Waals surface area contributed by atoms with E-state index >= 15 is 0 Å². The summed E-state index contributed by atoms with van der Waals surface area (Å²) in [7, 11) is 0. The van der Waals surface area contributed by atoms with E-state index in [2.05, 4.69) is 19.1 Å². The molecule has 23 heavy (non-hydrogen) atoms. The van der Waals surface area contributed by atoms with Crippen LogP contribution < -0.4 is 86.0 Å². The minimum atomic E-state index is -0.914. The third-order valence-electron chi connectivity index (χ3n) is 3.64. The van der Waals surface area contributed by atoms with Crippen LogP contribution in [0.4, 0.5) is 0 Å². The molecule has 0 atom stereocenters. The second-order valence-electron chi connectivity index (χ2n) is 5.71. The third kappa shape index (κ3) is 32.0. The molecule has 0 amide bonds. The largest absolute Gasteiger partial charge is 1.00 e. The molecule has 0 aliphatic carbocycles. The fourth-order valence-electron chi connectivity index (χ4n) is 2.34. The van der Waals surface area contributed by atoms with Gasteiger partial charge in [-0.25, -0.2) is 0 Å². The Balaban J connectivity index is -0.000000602. The van der Waals surface area contributed by atoms with Crippen LogP contribution in [0.15, 0.2) is 12.2 Å². The second kappa shape index (κ2) is 28.6. The van der Waals surface area contributed by atoms with Crippen molar-refractivity contribution < 1.29 is 96.3 Å². The maximum Gasteiger partial charge on any atom is 1.00 e. The van der Waals surface area contributed by atoms with Gasteiger partial charge in [-0.3, -0.25) is 0 Å². The number of carbonyl (C=O) groups excluding carboxylic acids is 1. The molecule has 0 rings (SSSR count). The van der Waals surface area contributed by atoms with Crippen LogP contribution in [0.25, 0.3) is 0 Å². The van der Waals surface area contributed by atoms with Crippen molar-refractivity contribution in [1.82, 2.24) is 0 Å². The molecule has 126 valence electrons. The molecule has 0 aromatic rings. The molecule has 0 aromatic carbocycles. The molecular formula is C18H34KNaO3. The summed E-state index contributed by atoms with van der Waals surface area (Å²) in [6.07, 6.45) is 20.9. The fourth-order valence-corrected chi connectivity index (χ4v) is 2.34. The number of hydrogen-bond acceptors (Lipinski definition) is 3. The zero-order valence-corrected chi connectivity index (χ0v) is 20.9. The predicted molar refractivity (Wildman–Crippen MR) is 86.4 cm³/mol. The first-order valence-electron chi connectivity index (χ1n) is 8.62. The summed E-state index contributed by atoms with van der Waals surface area (Å²) in [4.78, 5) is 10.2. The van der Waals surface area contributed by atoms with E-state index in [1.807, 2.05) is 0 Å². The van der Waals surface area contributed by atoms with Crippen molar-refractivity contribution in [1.29, 1.82) is 0 Å². The summed E-state index contributed by atoms with van der Waals surface area (Å²) >= 11 is 0. The molecule has 0 spiro atoms. The van der Waals surface area contributed by atoms with Crippen molar-refractivity contribution in [3.05, 3.63) is 12.2 Å². The molecule has 0 unspecified atom stereocenters. The van der Waals surface area contributed by atoms with Crippen LogP contribution in [-0.2, 0) is 4.79 Å². The van der Waals surface area contributed by atoms with Gasteiger partial charge in [0.15, 0.2) is 0 Å². The minimum Gasteiger partial charge on any atom is -0.870 e. The van der Waals surface area contributed by atoms with Gasteiger partial charge in [-0.2, -0.15) is 0 Å². The molecule has 0 bridgehead atoms. The zero-order chi connectivity index (χ0) is 14.9. The SMILES string of the molecule is CCCCCCCC/C=C\CCCCCCCC(=O)[O-].[K+].[Na+].[OH-]. The van der Waals surface area contributed by atoms with Gasteiger partial charge in [0.05, 0.1) is 0 Å². The first kappa shape index (κ1) is 32.5. The molecule has 5 heteroatoms. The Hall–Kier alpha value is 1.81. The van der Waals surface area contributed by atoms with Crippen LogP contribution in [0, 0.1) is 0 Å². The molecule has 0 saturated carbocycles. The van der Waals surface area contributed by atoms with Crippen LogP contribution in [0.3, 0.4) is 0 Å². The van der Waals surface area contributed by atoms with E-state index in [0.717, 1.165) is 19.3 Å². The van der Waals surface area contributed by atoms with Gasteiger partial charge in [0.1, 0.15) is 0 Å². The first-order chi connectivity index (χ1) is 9.77. The number of allylic oxidation sites excluding steroid dienone is 2. The van der Waals surface area contributed by atoms with Gasteiger partial charge in [-0.15, -0.1) is 0 Å². The molecule has 0 heterocycles. The number of hydrogen-bond donors (Lipinski definition) is 0. The van der Waals surface area contributed by atoms with Crippen LogP contribution >= 0.6 is 0 Å². The minimum absolute atomic E-state index is 0. The normalized spacial score (nSPS) is 9.78. The number of carboxylic acid groups (broad SMARTS) is 1. The summed E-state index contributed by atoms with van der Waals surface area (Å²) in [5.41, 5.74) is 0. The molecule has 0 aromatic heterocycles. The molecule has 3 nitrogen and oxygen atoms in total. The summed E-state index contributed by atoms with van der Waals surface area (Å²) in [6.45, 7) is 2.26. The summed E-state index contributed by atoms with van der Waals surface area (Å²) < 4.78 is 0. The number of unbranched alkanes of at least 4 members (excludes halogenated alkanes) is 11. The predicted octanol–water partition coefficient (Wildman–Crippen LogP) is -1.39. The van der Waals surface area contributed by atoms with Crippen molar-refractivity contribution in [3.63, 3.8) is 0 Å². The van der Waals surface area contributed by atoms with E-state index in [0.29, 0.717) is 0 Å². The summed E-state index contributed by atoms with van der Waals surface area (Å²) in [5, 5.41) is 10.2. The van der Waals surface area contributed by atoms with E-state index in [1.165, 1.54) is 64.2 Å². The van der Waals surface area contributed by atoms with E-state index in [9.17, 15) is 9.90 Å². The van der Waals surface area contributed by atoms with Gasteiger partial charge in [-0.05, 0) is 38.5 Å². The van der Waals surface area contributed by atoms with Gasteiger partial charge in [0, 0.05) is 5.97 Å². The number of rotatable bonds is 15. The van der Waals surface area contributed by atoms with Gasteiger partial charge in [0.2, 0.25) is 0 Å². The second-order valence-corrected chi connectivity index (χ2v) is 5.71. The van der Waals surface area contributed by atoms with Crippen LogP contribution in [0.5, 0.6) is 0 Å². The molecule has 1 N–H and O–H groups in total. The Kier molecular flexibility index (Phi) is 40.4. The summed E-state index contributed by atoms with van der Waals surface area (Å²) in [5.74, 6) is -0.914. The zero-order valence-electron chi connectivity index (χ0n) is 15.8. The van der Waals surface area contributed by atoms with Gasteiger partial charge in [0.25, 0.3) is 0 Å². The average molecular weight is 361 g/mol. The molecule has 0 aliphatic heterocycles. The number of aliphatic carboxylic acids is 1. The Morgan fingerprint density at radius 1 is 0.783 bits per heavy atom. The van der Waals surface area contributed by atoms with Gasteiger partial charge < -0.3 is 15.4 Å². The average Bonchev–Trinajstić information content (AvgIpc) is 2.43. The molecule has 0 radical (unpaired) electrons. The Morgan fingerprint density at radius 2 is 1.17 bits per heavy atom. The maximum absolute atomic E-state index is 10.2. The standard InChI is InChI=1S/C18H34O2.K.Na.H2O/c1-2-3-4-5-6-7-8-9-10-11-12-13-14-15-16-17-18(19)20;;;/h9-10H,2-8,11-17H2,1H3,(H,19,20);;;1H2/q;2*+1;/p-2/b10-9-;;;. The van der Waals surface area contributed by atoms with Crippen molar-refractivity contribution in [2.45, 2.75) is 96.8 Å². The van der Waals surface area contributed by atoms with Crippen molar-refractivity contribution in [2.24, 2.45) is 0 Å².